The van der Waals surface area contributed by atoms with E-state index < -0.39 is 18.0 Å². The molecule has 0 heterocycles. The molecule has 18 heavy (non-hydrogen) atoms. The molecule has 3 nitrogen and oxygen atoms in total. The third-order valence-corrected chi connectivity index (χ3v) is 3.07. The highest BCUT2D eigenvalue weighted by Crippen LogP contribution is 2.33. The predicted octanol–water partition coefficient (Wildman–Crippen LogP) is 2.64. The van der Waals surface area contributed by atoms with Crippen LogP contribution in [0.25, 0.3) is 0 Å². The van der Waals surface area contributed by atoms with E-state index in [-0.39, 0.29) is 12.2 Å². The number of rotatable bonds is 5. The smallest absolute Gasteiger partial charge is 0.380 e. The summed E-state index contributed by atoms with van der Waals surface area (Å²) in [6, 6.07) is 5.93. The van der Waals surface area contributed by atoms with Crippen molar-refractivity contribution >= 4 is 17.7 Å². The summed E-state index contributed by atoms with van der Waals surface area (Å²) in [4.78, 5) is 11.9. The highest BCUT2D eigenvalue weighted by atomic mass is 32.2. The molecule has 0 aliphatic heterocycles. The van der Waals surface area contributed by atoms with Crippen molar-refractivity contribution in [3.05, 3.63) is 29.8 Å². The van der Waals surface area contributed by atoms with Crippen molar-refractivity contribution in [2.75, 3.05) is 12.9 Å². The Morgan fingerprint density at radius 3 is 2.44 bits per heavy atom. The maximum absolute atomic E-state index is 13.5. The third kappa shape index (κ3) is 3.20. The molecule has 6 heteroatoms. The number of hydrogen-bond donors (Lipinski definition) is 1. The van der Waals surface area contributed by atoms with Crippen molar-refractivity contribution < 1.29 is 23.4 Å². The summed E-state index contributed by atoms with van der Waals surface area (Å²) in [6.45, 7) is 1.26. The van der Waals surface area contributed by atoms with Crippen molar-refractivity contribution in [2.24, 2.45) is 0 Å². The number of hydrogen-bond acceptors (Lipinski definition) is 4. The molecule has 0 aliphatic carbocycles. The molecule has 0 aromatic heterocycles. The van der Waals surface area contributed by atoms with E-state index in [4.69, 9.17) is 0 Å². The zero-order valence-corrected chi connectivity index (χ0v) is 10.8. The largest absolute Gasteiger partial charge is 0.461 e. The van der Waals surface area contributed by atoms with Gasteiger partial charge in [-0.1, -0.05) is 12.1 Å². The van der Waals surface area contributed by atoms with Gasteiger partial charge < -0.3 is 9.84 Å². The normalized spacial score (nSPS) is 13.2. The van der Waals surface area contributed by atoms with Crippen molar-refractivity contribution in [3.63, 3.8) is 0 Å². The van der Waals surface area contributed by atoms with Crippen molar-refractivity contribution in [2.45, 2.75) is 23.8 Å². The number of alkyl halides is 2. The SMILES string of the molecule is CCOC(=O)C(F)(F)C(O)c1ccc(SC)cc1. The van der Waals surface area contributed by atoms with E-state index in [0.29, 0.717) is 0 Å². The first-order chi connectivity index (χ1) is 8.43. The lowest BCUT2D eigenvalue weighted by molar-refractivity contribution is -0.189. The Kier molecular flexibility index (Phi) is 5.10. The van der Waals surface area contributed by atoms with E-state index in [1.54, 1.807) is 12.1 Å². The average Bonchev–Trinajstić information content (AvgIpc) is 2.38. The first-order valence-corrected chi connectivity index (χ1v) is 6.53. The molecule has 1 N–H and O–H groups in total. The zero-order valence-electron chi connectivity index (χ0n) is 10.0. The van der Waals surface area contributed by atoms with Gasteiger partial charge in [0.25, 0.3) is 0 Å². The Hall–Kier alpha value is -1.14. The molecular formula is C12H14F2O3S. The first kappa shape index (κ1) is 14.9. The van der Waals surface area contributed by atoms with Crippen LogP contribution >= 0.6 is 11.8 Å². The Morgan fingerprint density at radius 2 is 2.00 bits per heavy atom. The lowest BCUT2D eigenvalue weighted by Crippen LogP contribution is -2.37. The quantitative estimate of drug-likeness (QED) is 0.663. The monoisotopic (exact) mass is 276 g/mol. The van der Waals surface area contributed by atoms with Gasteiger partial charge in [0.2, 0.25) is 0 Å². The number of aliphatic hydroxyl groups is 1. The Balaban J connectivity index is 2.90. The van der Waals surface area contributed by atoms with Crippen LogP contribution in [-0.2, 0) is 9.53 Å². The van der Waals surface area contributed by atoms with Gasteiger partial charge in [-0.25, -0.2) is 4.79 Å². The van der Waals surface area contributed by atoms with E-state index in [1.807, 2.05) is 6.26 Å². The molecule has 0 saturated carbocycles. The summed E-state index contributed by atoms with van der Waals surface area (Å²) in [5, 5.41) is 9.55. The van der Waals surface area contributed by atoms with Crippen LogP contribution in [0.1, 0.15) is 18.6 Å². The van der Waals surface area contributed by atoms with E-state index >= 15 is 0 Å². The summed E-state index contributed by atoms with van der Waals surface area (Å²) in [7, 11) is 0. The average molecular weight is 276 g/mol. The fraction of sp³-hybridized carbons (Fsp3) is 0.417. The van der Waals surface area contributed by atoms with Crippen LogP contribution in [0.15, 0.2) is 29.2 Å². The number of esters is 1. The molecule has 0 aliphatic rings. The zero-order chi connectivity index (χ0) is 13.8. The van der Waals surface area contributed by atoms with Crippen LogP contribution in [0.5, 0.6) is 0 Å². The van der Waals surface area contributed by atoms with Crippen LogP contribution in [-0.4, -0.2) is 29.9 Å². The van der Waals surface area contributed by atoms with Gasteiger partial charge in [-0.15, -0.1) is 11.8 Å². The van der Waals surface area contributed by atoms with E-state index in [2.05, 4.69) is 4.74 Å². The molecule has 0 spiro atoms. The highest BCUT2D eigenvalue weighted by Gasteiger charge is 2.48. The Morgan fingerprint density at radius 1 is 1.44 bits per heavy atom. The minimum atomic E-state index is -3.95. The van der Waals surface area contributed by atoms with Gasteiger partial charge in [0.05, 0.1) is 6.61 Å². The molecule has 0 bridgehead atoms. The molecule has 0 saturated heterocycles. The summed E-state index contributed by atoms with van der Waals surface area (Å²) in [6.07, 6.45) is -0.356. The Bertz CT molecular complexity index is 406. The second-order valence-electron chi connectivity index (χ2n) is 3.52. The van der Waals surface area contributed by atoms with Gasteiger partial charge in [-0.2, -0.15) is 8.78 Å². The van der Waals surface area contributed by atoms with Gasteiger partial charge in [-0.3, -0.25) is 0 Å². The van der Waals surface area contributed by atoms with Crippen LogP contribution in [0.4, 0.5) is 8.78 Å². The second-order valence-corrected chi connectivity index (χ2v) is 4.40. The second kappa shape index (κ2) is 6.15. The molecule has 1 aromatic rings. The van der Waals surface area contributed by atoms with Gasteiger partial charge in [0, 0.05) is 4.90 Å². The number of thioether (sulfide) groups is 1. The maximum atomic E-state index is 13.5. The number of aliphatic hydroxyl groups excluding tert-OH is 1. The fourth-order valence-corrected chi connectivity index (χ4v) is 1.74. The van der Waals surface area contributed by atoms with Crippen LogP contribution in [0.3, 0.4) is 0 Å². The molecule has 1 unspecified atom stereocenters. The van der Waals surface area contributed by atoms with E-state index in [9.17, 15) is 18.7 Å². The van der Waals surface area contributed by atoms with E-state index in [1.165, 1.54) is 30.8 Å². The third-order valence-electron chi connectivity index (χ3n) is 2.32. The first-order valence-electron chi connectivity index (χ1n) is 5.30. The molecule has 1 rings (SSSR count). The molecule has 1 aromatic carbocycles. The Labute approximate surface area is 108 Å². The highest BCUT2D eigenvalue weighted by molar-refractivity contribution is 7.98. The van der Waals surface area contributed by atoms with Crippen LogP contribution in [0, 0.1) is 0 Å². The molecule has 0 fully saturated rings. The van der Waals surface area contributed by atoms with Crippen LogP contribution < -0.4 is 0 Å². The topological polar surface area (TPSA) is 46.5 Å². The van der Waals surface area contributed by atoms with Gasteiger partial charge in [0.1, 0.15) is 0 Å². The number of benzene rings is 1. The van der Waals surface area contributed by atoms with Crippen LogP contribution in [0.2, 0.25) is 0 Å². The van der Waals surface area contributed by atoms with Crippen molar-refractivity contribution in [1.82, 2.24) is 0 Å². The fourth-order valence-electron chi connectivity index (χ4n) is 1.33. The molecular weight excluding hydrogens is 262 g/mol. The number of halogens is 2. The lowest BCUT2D eigenvalue weighted by atomic mass is 10.0. The molecule has 1 atom stereocenters. The number of carbonyl (C=O) groups excluding carboxylic acids is 1. The molecule has 0 radical (unpaired) electrons. The van der Waals surface area contributed by atoms with E-state index in [0.717, 1.165) is 4.90 Å². The standard InChI is InChI=1S/C12H14F2O3S/c1-3-17-11(16)12(13,14)10(15)8-4-6-9(18-2)7-5-8/h4-7,10,15H,3H2,1-2H3. The van der Waals surface area contributed by atoms with Gasteiger partial charge in [-0.05, 0) is 30.9 Å². The number of ether oxygens (including phenoxy) is 1. The minimum Gasteiger partial charge on any atom is -0.461 e. The molecule has 0 amide bonds. The van der Waals surface area contributed by atoms with Gasteiger partial charge >= 0.3 is 11.9 Å². The van der Waals surface area contributed by atoms with Crippen molar-refractivity contribution in [1.29, 1.82) is 0 Å². The van der Waals surface area contributed by atoms with Gasteiger partial charge in [0.15, 0.2) is 6.10 Å². The summed E-state index contributed by atoms with van der Waals surface area (Å²) in [5.74, 6) is -5.66. The predicted molar refractivity (Wildman–Crippen MR) is 64.8 cm³/mol. The van der Waals surface area contributed by atoms with Crippen molar-refractivity contribution in [3.8, 4) is 0 Å². The molecule has 100 valence electrons. The summed E-state index contributed by atoms with van der Waals surface area (Å²) >= 11 is 1.45. The maximum Gasteiger partial charge on any atom is 0.380 e. The summed E-state index contributed by atoms with van der Waals surface area (Å²) in [5.41, 5.74) is -0.0224. The number of carbonyl (C=O) groups is 1. The summed E-state index contributed by atoms with van der Waals surface area (Å²) < 4.78 is 31.3. The minimum absolute atomic E-state index is 0.0224. The lowest BCUT2D eigenvalue weighted by Gasteiger charge is -2.20.